The van der Waals surface area contributed by atoms with Gasteiger partial charge in [0.2, 0.25) is 0 Å². The second-order valence-electron chi connectivity index (χ2n) is 5.78. The second kappa shape index (κ2) is 8.49. The van der Waals surface area contributed by atoms with Crippen molar-refractivity contribution in [3.8, 4) is 0 Å². The lowest BCUT2D eigenvalue weighted by Gasteiger charge is -2.06. The van der Waals surface area contributed by atoms with E-state index in [1.165, 1.54) is 34.9 Å². The highest BCUT2D eigenvalue weighted by molar-refractivity contribution is 7.16. The minimum Gasteiger partial charge on any atom is -0.380 e. The molecule has 4 nitrogen and oxygen atoms in total. The molecule has 3 rings (SSSR count). The summed E-state index contributed by atoms with van der Waals surface area (Å²) in [6.45, 7) is 2.91. The molecule has 0 N–H and O–H groups in total. The van der Waals surface area contributed by atoms with E-state index in [0.717, 1.165) is 17.4 Å². The van der Waals surface area contributed by atoms with Crippen molar-refractivity contribution in [2.24, 2.45) is 4.99 Å². The topological polar surface area (TPSA) is 43.6 Å². The zero-order valence-corrected chi connectivity index (χ0v) is 15.4. The minimum absolute atomic E-state index is 0.0170. The average Bonchev–Trinajstić information content (AvgIpc) is 2.94. The molecule has 2 aromatic carbocycles. The number of hydrogen-bond donors (Lipinski definition) is 0. The van der Waals surface area contributed by atoms with E-state index in [4.69, 9.17) is 4.74 Å². The van der Waals surface area contributed by atoms with Gasteiger partial charge in [0, 0.05) is 19.2 Å². The minimum atomic E-state index is -0.717. The fraction of sp³-hybridized carbons (Fsp3) is 0.263. The van der Waals surface area contributed by atoms with Gasteiger partial charge < -0.3 is 9.30 Å². The van der Waals surface area contributed by atoms with Crippen molar-refractivity contribution in [1.29, 1.82) is 0 Å². The van der Waals surface area contributed by atoms with Crippen LogP contribution in [0.3, 0.4) is 0 Å². The van der Waals surface area contributed by atoms with Crippen LogP contribution in [0.4, 0.5) is 13.2 Å². The summed E-state index contributed by atoms with van der Waals surface area (Å²) in [5.41, 5.74) is 0.804. The highest BCUT2D eigenvalue weighted by Crippen LogP contribution is 2.22. The van der Waals surface area contributed by atoms with Gasteiger partial charge in [0.1, 0.15) is 11.6 Å². The van der Waals surface area contributed by atoms with E-state index in [9.17, 15) is 18.0 Å². The van der Waals surface area contributed by atoms with E-state index in [0.29, 0.717) is 23.5 Å². The first-order chi connectivity index (χ1) is 13.0. The smallest absolute Gasteiger partial charge is 0.252 e. The molecular formula is C19H17F3N2O2S. The predicted molar refractivity (Wildman–Crippen MR) is 96.9 cm³/mol. The Morgan fingerprint density at radius 1 is 1.15 bits per heavy atom. The summed E-state index contributed by atoms with van der Waals surface area (Å²) < 4.78 is 48.0. The Labute approximate surface area is 157 Å². The Hall–Kier alpha value is -2.45. The third kappa shape index (κ3) is 4.64. The number of carbonyl (C=O) groups excluding carboxylic acids is 1. The molecular weight excluding hydrogens is 377 g/mol. The van der Waals surface area contributed by atoms with E-state index in [1.807, 2.05) is 6.92 Å². The Kier molecular flexibility index (Phi) is 6.08. The van der Waals surface area contributed by atoms with Gasteiger partial charge in [-0.05, 0) is 30.7 Å². The summed E-state index contributed by atoms with van der Waals surface area (Å²) in [7, 11) is 0. The number of ether oxygens (including phenoxy) is 1. The van der Waals surface area contributed by atoms with E-state index >= 15 is 0 Å². The van der Waals surface area contributed by atoms with Crippen molar-refractivity contribution in [1.82, 2.24) is 4.57 Å². The van der Waals surface area contributed by atoms with Gasteiger partial charge in [-0.1, -0.05) is 23.5 Å². The highest BCUT2D eigenvalue weighted by Gasteiger charge is 2.14. The lowest BCUT2D eigenvalue weighted by atomic mass is 10.1. The molecule has 1 amide bonds. The van der Waals surface area contributed by atoms with Crippen molar-refractivity contribution in [2.75, 3.05) is 13.2 Å². The van der Waals surface area contributed by atoms with Gasteiger partial charge in [0.25, 0.3) is 5.91 Å². The molecule has 0 saturated carbocycles. The van der Waals surface area contributed by atoms with Crippen LogP contribution in [0.15, 0.2) is 41.4 Å². The normalized spacial score (nSPS) is 12.1. The van der Waals surface area contributed by atoms with Crippen LogP contribution in [0, 0.1) is 17.5 Å². The van der Waals surface area contributed by atoms with Gasteiger partial charge in [0.05, 0.1) is 23.2 Å². The van der Waals surface area contributed by atoms with Crippen LogP contribution in [-0.2, 0) is 22.5 Å². The standard InChI is InChI=1S/C19H17F3N2O2S/c1-2-26-8-7-24-18-15(22)10-14(21)11-16(18)27-19(24)23-17(25)9-12-3-5-13(20)6-4-12/h3-6,10-11H,2,7-9H2,1H3. The summed E-state index contributed by atoms with van der Waals surface area (Å²) in [5.74, 6) is -2.26. The first-order valence-corrected chi connectivity index (χ1v) is 9.17. The SMILES string of the molecule is CCOCCn1c(=NC(=O)Cc2ccc(F)cc2)sc2cc(F)cc(F)c21. The zero-order valence-electron chi connectivity index (χ0n) is 14.5. The number of halogens is 3. The van der Waals surface area contributed by atoms with Crippen molar-refractivity contribution < 1.29 is 22.7 Å². The summed E-state index contributed by atoms with van der Waals surface area (Å²) in [6, 6.07) is 7.56. The lowest BCUT2D eigenvalue weighted by Crippen LogP contribution is -2.20. The molecule has 0 aliphatic heterocycles. The van der Waals surface area contributed by atoms with Crippen molar-refractivity contribution in [3.05, 3.63) is 64.2 Å². The number of fused-ring (bicyclic) bond motifs is 1. The van der Waals surface area contributed by atoms with Crippen LogP contribution in [0.1, 0.15) is 12.5 Å². The number of benzene rings is 2. The third-order valence-corrected chi connectivity index (χ3v) is 4.87. The van der Waals surface area contributed by atoms with E-state index in [-0.39, 0.29) is 29.1 Å². The number of carbonyl (C=O) groups is 1. The fourth-order valence-corrected chi connectivity index (χ4v) is 3.76. The van der Waals surface area contributed by atoms with Gasteiger partial charge in [-0.25, -0.2) is 13.2 Å². The van der Waals surface area contributed by atoms with Crippen LogP contribution in [0.25, 0.3) is 10.2 Å². The van der Waals surface area contributed by atoms with Crippen LogP contribution >= 0.6 is 11.3 Å². The predicted octanol–water partition coefficient (Wildman–Crippen LogP) is 3.83. The van der Waals surface area contributed by atoms with Crippen molar-refractivity contribution in [3.63, 3.8) is 0 Å². The van der Waals surface area contributed by atoms with Gasteiger partial charge in [-0.2, -0.15) is 4.99 Å². The van der Waals surface area contributed by atoms with Crippen molar-refractivity contribution >= 4 is 27.5 Å². The largest absolute Gasteiger partial charge is 0.380 e. The maximum absolute atomic E-state index is 14.3. The number of hydrogen-bond acceptors (Lipinski definition) is 3. The quantitative estimate of drug-likeness (QED) is 0.597. The lowest BCUT2D eigenvalue weighted by molar-refractivity contribution is -0.117. The highest BCUT2D eigenvalue weighted by atomic mass is 32.1. The monoisotopic (exact) mass is 394 g/mol. The molecule has 8 heteroatoms. The Balaban J connectivity index is 1.99. The Bertz CT molecular complexity index is 1030. The first kappa shape index (κ1) is 19.3. The number of nitrogens with zero attached hydrogens (tertiary/aromatic N) is 2. The molecule has 142 valence electrons. The fourth-order valence-electron chi connectivity index (χ4n) is 2.65. The first-order valence-electron chi connectivity index (χ1n) is 8.36. The van der Waals surface area contributed by atoms with E-state index in [1.54, 1.807) is 0 Å². The molecule has 0 atom stereocenters. The number of aromatic nitrogens is 1. The molecule has 1 heterocycles. The molecule has 1 aromatic heterocycles. The molecule has 0 unspecified atom stereocenters. The molecule has 3 aromatic rings. The Morgan fingerprint density at radius 3 is 2.59 bits per heavy atom. The molecule has 0 fully saturated rings. The van der Waals surface area contributed by atoms with Crippen LogP contribution < -0.4 is 4.80 Å². The molecule has 0 spiro atoms. The number of rotatable bonds is 6. The average molecular weight is 394 g/mol. The summed E-state index contributed by atoms with van der Waals surface area (Å²) >= 11 is 1.03. The molecule has 0 radical (unpaired) electrons. The van der Waals surface area contributed by atoms with Crippen LogP contribution in [0.5, 0.6) is 0 Å². The maximum atomic E-state index is 14.3. The zero-order chi connectivity index (χ0) is 19.4. The van der Waals surface area contributed by atoms with E-state index < -0.39 is 17.5 Å². The Morgan fingerprint density at radius 2 is 1.89 bits per heavy atom. The van der Waals surface area contributed by atoms with Gasteiger partial charge in [0.15, 0.2) is 10.6 Å². The molecule has 0 aliphatic rings. The van der Waals surface area contributed by atoms with Gasteiger partial charge >= 0.3 is 0 Å². The second-order valence-corrected chi connectivity index (χ2v) is 6.79. The molecule has 27 heavy (non-hydrogen) atoms. The van der Waals surface area contributed by atoms with E-state index in [2.05, 4.69) is 4.99 Å². The van der Waals surface area contributed by atoms with Gasteiger partial charge in [-0.3, -0.25) is 4.79 Å². The summed E-state index contributed by atoms with van der Waals surface area (Å²) in [5, 5.41) is 0. The molecule has 0 bridgehead atoms. The number of amides is 1. The van der Waals surface area contributed by atoms with Gasteiger partial charge in [-0.15, -0.1) is 0 Å². The molecule has 0 saturated heterocycles. The summed E-state index contributed by atoms with van der Waals surface area (Å²) in [6.07, 6.45) is -0.0170. The molecule has 0 aliphatic carbocycles. The number of thiazole rings is 1. The summed E-state index contributed by atoms with van der Waals surface area (Å²) in [4.78, 5) is 16.6. The third-order valence-electron chi connectivity index (χ3n) is 3.85. The van der Waals surface area contributed by atoms with Crippen molar-refractivity contribution in [2.45, 2.75) is 19.9 Å². The van der Waals surface area contributed by atoms with Crippen LogP contribution in [-0.4, -0.2) is 23.7 Å². The maximum Gasteiger partial charge on any atom is 0.252 e. The van der Waals surface area contributed by atoms with Crippen LogP contribution in [0.2, 0.25) is 0 Å².